The van der Waals surface area contributed by atoms with E-state index >= 15 is 0 Å². The van der Waals surface area contributed by atoms with E-state index in [-0.39, 0.29) is 46.5 Å². The molecular formula is C24H39NO4. The van der Waals surface area contributed by atoms with Crippen LogP contribution < -0.4 is 5.73 Å². The molecule has 29 heavy (non-hydrogen) atoms. The Labute approximate surface area is 174 Å². The number of aliphatic hydroxyl groups excluding tert-OH is 2. The van der Waals surface area contributed by atoms with Crippen LogP contribution in [0.4, 0.5) is 0 Å². The molecule has 4 aliphatic rings. The average molecular weight is 406 g/mol. The van der Waals surface area contributed by atoms with Crippen molar-refractivity contribution in [1.82, 2.24) is 0 Å². The van der Waals surface area contributed by atoms with Gasteiger partial charge in [0.1, 0.15) is 5.78 Å². The van der Waals surface area contributed by atoms with Crippen LogP contribution in [0, 0.1) is 46.3 Å². The Morgan fingerprint density at radius 2 is 1.90 bits per heavy atom. The van der Waals surface area contributed by atoms with E-state index in [1.54, 1.807) is 0 Å². The minimum atomic E-state index is -0.410. The third-order valence-corrected chi connectivity index (χ3v) is 10.2. The molecule has 0 bridgehead atoms. The molecule has 0 aromatic rings. The smallest absolute Gasteiger partial charge is 0.217 e. The molecule has 4 N–H and O–H groups in total. The van der Waals surface area contributed by atoms with Crippen molar-refractivity contribution < 1.29 is 19.8 Å². The van der Waals surface area contributed by atoms with E-state index in [0.29, 0.717) is 36.9 Å². The number of Topliss-reactive ketones (excluding diaryl/α,β-unsaturated/α-hetero) is 1. The zero-order chi connectivity index (χ0) is 21.1. The quantitative estimate of drug-likeness (QED) is 0.669. The first-order valence-electron chi connectivity index (χ1n) is 11.8. The van der Waals surface area contributed by atoms with E-state index in [4.69, 9.17) is 5.73 Å². The lowest BCUT2D eigenvalue weighted by atomic mass is 9.43. The van der Waals surface area contributed by atoms with E-state index in [1.807, 2.05) is 0 Å². The fraction of sp³-hybridized carbons (Fsp3) is 0.917. The second-order valence-corrected chi connectivity index (χ2v) is 11.3. The summed E-state index contributed by atoms with van der Waals surface area (Å²) in [6, 6.07) is 0. The molecule has 4 fully saturated rings. The predicted octanol–water partition coefficient (Wildman–Crippen LogP) is 3.06. The van der Waals surface area contributed by atoms with Crippen LogP contribution >= 0.6 is 0 Å². The molecule has 0 aromatic heterocycles. The molecule has 4 saturated carbocycles. The van der Waals surface area contributed by atoms with Crippen molar-refractivity contribution >= 4 is 11.7 Å². The number of nitrogens with two attached hydrogens (primary N) is 1. The van der Waals surface area contributed by atoms with Crippen LogP contribution in [0.15, 0.2) is 0 Å². The average Bonchev–Trinajstić information content (AvgIpc) is 3.01. The minimum absolute atomic E-state index is 0.0493. The van der Waals surface area contributed by atoms with Crippen molar-refractivity contribution in [1.29, 1.82) is 0 Å². The minimum Gasteiger partial charge on any atom is -0.393 e. The molecule has 0 heterocycles. The van der Waals surface area contributed by atoms with Gasteiger partial charge in [-0.1, -0.05) is 20.8 Å². The summed E-state index contributed by atoms with van der Waals surface area (Å²) in [5, 5.41) is 21.6. The molecule has 5 heteroatoms. The molecule has 0 saturated heterocycles. The Balaban J connectivity index is 1.62. The summed E-state index contributed by atoms with van der Waals surface area (Å²) in [7, 11) is 0. The number of rotatable bonds is 4. The molecular weight excluding hydrogens is 366 g/mol. The van der Waals surface area contributed by atoms with Crippen LogP contribution in [0.3, 0.4) is 0 Å². The highest BCUT2D eigenvalue weighted by molar-refractivity contribution is 5.83. The maximum absolute atomic E-state index is 13.4. The van der Waals surface area contributed by atoms with Gasteiger partial charge in [0.2, 0.25) is 5.91 Å². The fourth-order valence-corrected chi connectivity index (χ4v) is 8.42. The van der Waals surface area contributed by atoms with Gasteiger partial charge in [-0.05, 0) is 80.0 Å². The maximum atomic E-state index is 13.4. The summed E-state index contributed by atoms with van der Waals surface area (Å²) >= 11 is 0. The molecule has 0 spiro atoms. The molecule has 164 valence electrons. The highest BCUT2D eigenvalue weighted by Gasteiger charge is 2.65. The van der Waals surface area contributed by atoms with Crippen LogP contribution in [0.5, 0.6) is 0 Å². The molecule has 0 aliphatic heterocycles. The lowest BCUT2D eigenvalue weighted by Gasteiger charge is -2.61. The first kappa shape index (κ1) is 21.3. The van der Waals surface area contributed by atoms with Crippen molar-refractivity contribution in [2.24, 2.45) is 52.1 Å². The number of ketones is 1. The van der Waals surface area contributed by atoms with E-state index in [0.717, 1.165) is 38.5 Å². The van der Waals surface area contributed by atoms with Gasteiger partial charge in [-0.25, -0.2) is 0 Å². The third kappa shape index (κ3) is 3.18. The maximum Gasteiger partial charge on any atom is 0.217 e. The number of primary amides is 1. The van der Waals surface area contributed by atoms with E-state index in [9.17, 15) is 19.8 Å². The van der Waals surface area contributed by atoms with Crippen molar-refractivity contribution in [3.05, 3.63) is 0 Å². The lowest BCUT2D eigenvalue weighted by Crippen LogP contribution is -2.61. The second kappa shape index (κ2) is 7.33. The molecule has 0 radical (unpaired) electrons. The Hall–Kier alpha value is -0.940. The van der Waals surface area contributed by atoms with E-state index in [2.05, 4.69) is 20.8 Å². The van der Waals surface area contributed by atoms with Crippen molar-refractivity contribution in [3.63, 3.8) is 0 Å². The summed E-state index contributed by atoms with van der Waals surface area (Å²) in [5.41, 5.74) is 5.17. The summed E-state index contributed by atoms with van der Waals surface area (Å²) < 4.78 is 0. The monoisotopic (exact) mass is 405 g/mol. The van der Waals surface area contributed by atoms with Crippen LogP contribution in [-0.2, 0) is 9.59 Å². The summed E-state index contributed by atoms with van der Waals surface area (Å²) in [6.45, 7) is 6.72. The third-order valence-electron chi connectivity index (χ3n) is 10.2. The zero-order valence-electron chi connectivity index (χ0n) is 18.3. The van der Waals surface area contributed by atoms with Gasteiger partial charge in [0.05, 0.1) is 12.2 Å². The Kier molecular flexibility index (Phi) is 5.39. The van der Waals surface area contributed by atoms with Gasteiger partial charge in [-0.2, -0.15) is 0 Å². The van der Waals surface area contributed by atoms with E-state index in [1.165, 1.54) is 0 Å². The second-order valence-electron chi connectivity index (χ2n) is 11.3. The molecule has 4 aliphatic carbocycles. The number of amides is 1. The predicted molar refractivity (Wildman–Crippen MR) is 111 cm³/mol. The van der Waals surface area contributed by atoms with Crippen LogP contribution in [0.25, 0.3) is 0 Å². The van der Waals surface area contributed by atoms with Crippen molar-refractivity contribution in [2.45, 2.75) is 90.8 Å². The first-order chi connectivity index (χ1) is 13.6. The fourth-order valence-electron chi connectivity index (χ4n) is 8.42. The number of aliphatic hydroxyl groups is 2. The number of hydrogen-bond donors (Lipinski definition) is 3. The van der Waals surface area contributed by atoms with Gasteiger partial charge >= 0.3 is 0 Å². The Morgan fingerprint density at radius 3 is 2.59 bits per heavy atom. The van der Waals surface area contributed by atoms with Crippen LogP contribution in [0.2, 0.25) is 0 Å². The molecule has 1 amide bonds. The lowest BCUT2D eigenvalue weighted by molar-refractivity contribution is -0.182. The normalized spacial score (nSPS) is 50.4. The van der Waals surface area contributed by atoms with Gasteiger partial charge in [-0.15, -0.1) is 0 Å². The molecule has 0 aromatic carbocycles. The van der Waals surface area contributed by atoms with Crippen LogP contribution in [-0.4, -0.2) is 34.1 Å². The van der Waals surface area contributed by atoms with Gasteiger partial charge in [0.15, 0.2) is 0 Å². The molecule has 0 unspecified atom stereocenters. The standard InChI is InChI=1S/C24H39NO4/c1-13(4-7-21(25)29)16-5-6-17-22-18(12-20(28)24(16,17)3)23(2)9-8-15(26)10-14(23)11-19(22)27/h13-18,20,22,26,28H,4-12H2,1-3H3,(H2,25,29)/t13-,14+,15-,16-,17+,18+,20+,22+,23+,24-/m1/s1. The summed E-state index contributed by atoms with van der Waals surface area (Å²) in [6.07, 6.45) is 6.28. The SMILES string of the molecule is C[C@H](CCC(N)=O)[C@H]1CC[C@H]2[C@@H]3C(=O)C[C@@H]4C[C@H](O)CC[C@]4(C)[C@H]3C[C@H](O)[C@]12C. The number of hydrogen-bond acceptors (Lipinski definition) is 4. The highest BCUT2D eigenvalue weighted by Crippen LogP contribution is 2.67. The molecule has 4 rings (SSSR count). The Bertz CT molecular complexity index is 680. The summed E-state index contributed by atoms with van der Waals surface area (Å²) in [4.78, 5) is 24.7. The van der Waals surface area contributed by atoms with Crippen molar-refractivity contribution in [3.8, 4) is 0 Å². The number of carbonyl (C=O) groups excluding carboxylic acids is 2. The molecule has 10 atom stereocenters. The van der Waals surface area contributed by atoms with Crippen LogP contribution in [0.1, 0.15) is 78.6 Å². The van der Waals surface area contributed by atoms with Crippen molar-refractivity contribution in [2.75, 3.05) is 0 Å². The van der Waals surface area contributed by atoms with Gasteiger partial charge in [-0.3, -0.25) is 9.59 Å². The number of fused-ring (bicyclic) bond motifs is 5. The van der Waals surface area contributed by atoms with Gasteiger partial charge in [0, 0.05) is 24.2 Å². The number of carbonyl (C=O) groups is 2. The van der Waals surface area contributed by atoms with E-state index < -0.39 is 6.10 Å². The van der Waals surface area contributed by atoms with Gasteiger partial charge < -0.3 is 15.9 Å². The van der Waals surface area contributed by atoms with Gasteiger partial charge in [0.25, 0.3) is 0 Å². The largest absolute Gasteiger partial charge is 0.393 e. The Morgan fingerprint density at radius 1 is 1.17 bits per heavy atom. The topological polar surface area (TPSA) is 101 Å². The first-order valence-corrected chi connectivity index (χ1v) is 11.8. The highest BCUT2D eigenvalue weighted by atomic mass is 16.3. The molecule has 5 nitrogen and oxygen atoms in total. The zero-order valence-corrected chi connectivity index (χ0v) is 18.3. The summed E-state index contributed by atoms with van der Waals surface area (Å²) in [5.74, 6) is 1.52.